The second-order valence-electron chi connectivity index (χ2n) is 7.57. The van der Waals surface area contributed by atoms with Gasteiger partial charge in [0.15, 0.2) is 0 Å². The molecule has 0 aromatic heterocycles. The Kier molecular flexibility index (Phi) is 4.56. The zero-order chi connectivity index (χ0) is 19.1. The van der Waals surface area contributed by atoms with Gasteiger partial charge in [0.2, 0.25) is 11.8 Å². The molecule has 1 unspecified atom stereocenters. The van der Waals surface area contributed by atoms with Crippen molar-refractivity contribution in [1.82, 2.24) is 10.2 Å². The van der Waals surface area contributed by atoms with Crippen molar-refractivity contribution in [2.24, 2.45) is 0 Å². The highest BCUT2D eigenvalue weighted by Gasteiger charge is 2.45. The van der Waals surface area contributed by atoms with Crippen LogP contribution in [0.15, 0.2) is 24.3 Å². The van der Waals surface area contributed by atoms with E-state index in [1.54, 1.807) is 45.0 Å². The summed E-state index contributed by atoms with van der Waals surface area (Å²) >= 11 is 0. The molecule has 2 aliphatic heterocycles. The summed E-state index contributed by atoms with van der Waals surface area (Å²) in [4.78, 5) is 50.5. The molecule has 0 saturated carbocycles. The monoisotopic (exact) mass is 358 g/mol. The number of imide groups is 1. The summed E-state index contributed by atoms with van der Waals surface area (Å²) in [6.45, 7) is 5.32. The molecular formula is C19H22N2O5. The summed E-state index contributed by atoms with van der Waals surface area (Å²) in [5.41, 5.74) is 0.539. The number of nitrogens with zero attached hydrogens (tertiary/aromatic N) is 1. The Balaban J connectivity index is 1.91. The first-order valence-corrected chi connectivity index (χ1v) is 8.64. The van der Waals surface area contributed by atoms with Crippen LogP contribution >= 0.6 is 0 Å². The molecule has 7 nitrogen and oxygen atoms in total. The Morgan fingerprint density at radius 2 is 1.92 bits per heavy atom. The van der Waals surface area contributed by atoms with Crippen LogP contribution in [0.2, 0.25) is 0 Å². The van der Waals surface area contributed by atoms with Crippen LogP contribution in [0.1, 0.15) is 62.0 Å². The fourth-order valence-electron chi connectivity index (χ4n) is 3.47. The Hall–Kier alpha value is -2.70. The first-order chi connectivity index (χ1) is 12.2. The molecule has 0 bridgehead atoms. The first kappa shape index (κ1) is 18.1. The highest BCUT2D eigenvalue weighted by atomic mass is 16.6. The summed E-state index contributed by atoms with van der Waals surface area (Å²) < 4.78 is 5.40. The van der Waals surface area contributed by atoms with E-state index in [9.17, 15) is 19.2 Å². The maximum absolute atomic E-state index is 12.9. The average molecular weight is 358 g/mol. The van der Waals surface area contributed by atoms with E-state index in [2.05, 4.69) is 5.32 Å². The van der Waals surface area contributed by atoms with Crippen molar-refractivity contribution in [3.8, 4) is 0 Å². The van der Waals surface area contributed by atoms with E-state index >= 15 is 0 Å². The molecule has 0 radical (unpaired) electrons. The highest BCUT2D eigenvalue weighted by molar-refractivity contribution is 6.06. The standard InChI is InChI=1S/C19H22N2O5/c1-19(2,3)26-16(23)10-14-11-6-4-5-7-12(11)18(25)21(14)13-8-9-15(22)20-17(13)24/h4-7,13-14H,8-10H2,1-3H3,(H,20,22,24)/t13-,14?/m0/s1. The molecule has 0 aliphatic carbocycles. The molecule has 1 aromatic carbocycles. The summed E-state index contributed by atoms with van der Waals surface area (Å²) in [6, 6.07) is 5.65. The molecule has 1 saturated heterocycles. The number of carbonyl (C=O) groups excluding carboxylic acids is 4. The zero-order valence-electron chi connectivity index (χ0n) is 15.1. The first-order valence-electron chi connectivity index (χ1n) is 8.64. The lowest BCUT2D eigenvalue weighted by atomic mass is 9.99. The lowest BCUT2D eigenvalue weighted by molar-refractivity contribution is -0.157. The van der Waals surface area contributed by atoms with Crippen molar-refractivity contribution in [3.05, 3.63) is 35.4 Å². The van der Waals surface area contributed by atoms with Gasteiger partial charge in [-0.05, 0) is 38.8 Å². The quantitative estimate of drug-likeness (QED) is 0.656. The molecule has 1 aromatic rings. The number of ether oxygens (including phenoxy) is 1. The minimum atomic E-state index is -0.778. The van der Waals surface area contributed by atoms with Crippen LogP contribution in [0, 0.1) is 0 Å². The number of carbonyl (C=O) groups is 4. The molecule has 1 N–H and O–H groups in total. The SMILES string of the molecule is CC(C)(C)OC(=O)CC1c2ccccc2C(=O)N1[C@H]1CCC(=O)NC1=O. The Labute approximate surface area is 151 Å². The molecule has 2 atom stereocenters. The molecule has 0 spiro atoms. The van der Waals surface area contributed by atoms with Gasteiger partial charge in [-0.2, -0.15) is 0 Å². The number of hydrogen-bond donors (Lipinski definition) is 1. The van der Waals surface area contributed by atoms with Crippen molar-refractivity contribution in [1.29, 1.82) is 0 Å². The normalized spacial score (nSPS) is 22.9. The maximum Gasteiger partial charge on any atom is 0.308 e. The molecular weight excluding hydrogens is 336 g/mol. The third-order valence-electron chi connectivity index (χ3n) is 4.45. The van der Waals surface area contributed by atoms with Crippen LogP contribution < -0.4 is 5.32 Å². The van der Waals surface area contributed by atoms with Gasteiger partial charge in [0.05, 0.1) is 12.5 Å². The number of rotatable bonds is 3. The van der Waals surface area contributed by atoms with Crippen LogP contribution in [0.5, 0.6) is 0 Å². The van der Waals surface area contributed by atoms with Crippen molar-refractivity contribution in [2.45, 2.75) is 57.7 Å². The van der Waals surface area contributed by atoms with E-state index in [0.29, 0.717) is 11.1 Å². The van der Waals surface area contributed by atoms with E-state index in [-0.39, 0.29) is 31.1 Å². The molecule has 7 heteroatoms. The minimum absolute atomic E-state index is 0.0439. The zero-order valence-corrected chi connectivity index (χ0v) is 15.1. The van der Waals surface area contributed by atoms with Gasteiger partial charge in [-0.3, -0.25) is 24.5 Å². The lowest BCUT2D eigenvalue weighted by Crippen LogP contribution is -2.53. The maximum atomic E-state index is 12.9. The van der Waals surface area contributed by atoms with Gasteiger partial charge in [-0.15, -0.1) is 0 Å². The summed E-state index contributed by atoms with van der Waals surface area (Å²) in [5, 5.41) is 2.28. The third kappa shape index (κ3) is 3.47. The summed E-state index contributed by atoms with van der Waals surface area (Å²) in [5.74, 6) is -1.59. The number of amides is 3. The van der Waals surface area contributed by atoms with E-state index in [4.69, 9.17) is 4.74 Å². The second kappa shape index (κ2) is 6.55. The molecule has 3 amide bonds. The molecule has 138 valence electrons. The number of esters is 1. The van der Waals surface area contributed by atoms with Crippen LogP contribution in [0.3, 0.4) is 0 Å². The number of nitrogens with one attached hydrogen (secondary N) is 1. The van der Waals surface area contributed by atoms with Crippen molar-refractivity contribution >= 4 is 23.7 Å². The van der Waals surface area contributed by atoms with E-state index in [1.807, 2.05) is 0 Å². The van der Waals surface area contributed by atoms with Gasteiger partial charge in [0, 0.05) is 12.0 Å². The molecule has 26 heavy (non-hydrogen) atoms. The summed E-state index contributed by atoms with van der Waals surface area (Å²) in [6.07, 6.45) is 0.364. The second-order valence-corrected chi connectivity index (χ2v) is 7.57. The predicted octanol–water partition coefficient (Wildman–Crippen LogP) is 1.72. The van der Waals surface area contributed by atoms with Gasteiger partial charge in [0.25, 0.3) is 5.91 Å². The number of fused-ring (bicyclic) bond motifs is 1. The summed E-state index contributed by atoms with van der Waals surface area (Å²) in [7, 11) is 0. The minimum Gasteiger partial charge on any atom is -0.460 e. The largest absolute Gasteiger partial charge is 0.460 e. The molecule has 1 fully saturated rings. The van der Waals surface area contributed by atoms with Crippen molar-refractivity contribution in [2.75, 3.05) is 0 Å². The highest BCUT2D eigenvalue weighted by Crippen LogP contribution is 2.39. The molecule has 3 rings (SSSR count). The van der Waals surface area contributed by atoms with E-state index in [0.717, 1.165) is 0 Å². The molecule has 2 aliphatic rings. The fourth-order valence-corrected chi connectivity index (χ4v) is 3.47. The van der Waals surface area contributed by atoms with Crippen LogP contribution in [0.25, 0.3) is 0 Å². The Morgan fingerprint density at radius 3 is 2.58 bits per heavy atom. The lowest BCUT2D eigenvalue weighted by Gasteiger charge is -2.34. The number of hydrogen-bond acceptors (Lipinski definition) is 5. The third-order valence-corrected chi connectivity index (χ3v) is 4.45. The van der Waals surface area contributed by atoms with Crippen molar-refractivity contribution < 1.29 is 23.9 Å². The van der Waals surface area contributed by atoms with Crippen LogP contribution in [-0.2, 0) is 19.1 Å². The fraction of sp³-hybridized carbons (Fsp3) is 0.474. The van der Waals surface area contributed by atoms with Gasteiger partial charge >= 0.3 is 5.97 Å². The number of benzene rings is 1. The predicted molar refractivity (Wildman–Crippen MR) is 92.0 cm³/mol. The topological polar surface area (TPSA) is 92.8 Å². The van der Waals surface area contributed by atoms with E-state index < -0.39 is 29.6 Å². The van der Waals surface area contributed by atoms with Crippen LogP contribution in [-0.4, -0.2) is 40.2 Å². The van der Waals surface area contributed by atoms with Gasteiger partial charge in [-0.1, -0.05) is 18.2 Å². The van der Waals surface area contributed by atoms with Gasteiger partial charge in [-0.25, -0.2) is 0 Å². The van der Waals surface area contributed by atoms with Gasteiger partial charge < -0.3 is 9.64 Å². The molecule has 2 heterocycles. The average Bonchev–Trinajstić information content (AvgIpc) is 2.79. The van der Waals surface area contributed by atoms with Gasteiger partial charge in [0.1, 0.15) is 11.6 Å². The Morgan fingerprint density at radius 1 is 1.23 bits per heavy atom. The van der Waals surface area contributed by atoms with Crippen LogP contribution in [0.4, 0.5) is 0 Å². The van der Waals surface area contributed by atoms with Crippen molar-refractivity contribution in [3.63, 3.8) is 0 Å². The van der Waals surface area contributed by atoms with E-state index in [1.165, 1.54) is 4.90 Å². The smallest absolute Gasteiger partial charge is 0.308 e. The Bertz CT molecular complexity index is 780. The number of piperidine rings is 1.